The van der Waals surface area contributed by atoms with Crippen molar-refractivity contribution in [1.82, 2.24) is 5.32 Å². The minimum atomic E-state index is -0.353. The molecule has 0 saturated heterocycles. The van der Waals surface area contributed by atoms with Crippen molar-refractivity contribution in [3.63, 3.8) is 0 Å². The average molecular weight is 334 g/mol. The number of hydrogen-bond acceptors (Lipinski definition) is 4. The molecule has 0 spiro atoms. The largest absolute Gasteiger partial charge is 0.507 e. The number of nitrogens with one attached hydrogen (secondary N) is 1. The number of aliphatic hydroxyl groups excluding tert-OH is 1. The Morgan fingerprint density at radius 1 is 1.56 bits per heavy atom. The van der Waals surface area contributed by atoms with Crippen molar-refractivity contribution >= 4 is 33.6 Å². The van der Waals surface area contributed by atoms with Crippen LogP contribution in [0, 0.1) is 0 Å². The third-order valence-electron chi connectivity index (χ3n) is 2.60. The van der Waals surface area contributed by atoms with Gasteiger partial charge in [0.1, 0.15) is 5.75 Å². The molecule has 1 rings (SSSR count). The van der Waals surface area contributed by atoms with Gasteiger partial charge in [-0.05, 0) is 31.4 Å². The van der Waals surface area contributed by atoms with Crippen LogP contribution in [-0.2, 0) is 0 Å². The molecule has 0 aliphatic carbocycles. The first kappa shape index (κ1) is 15.3. The van der Waals surface area contributed by atoms with Crippen LogP contribution in [0.5, 0.6) is 5.75 Å². The summed E-state index contributed by atoms with van der Waals surface area (Å²) in [7, 11) is 0. The number of carbonyl (C=O) groups is 1. The van der Waals surface area contributed by atoms with Crippen molar-refractivity contribution in [3.05, 3.63) is 28.2 Å². The topological polar surface area (TPSA) is 69.6 Å². The SMILES string of the molecule is CSC(CO)C(C)NC(=O)c1cc(Br)ccc1O. The van der Waals surface area contributed by atoms with Crippen LogP contribution in [0.25, 0.3) is 0 Å². The summed E-state index contributed by atoms with van der Waals surface area (Å²) in [5.41, 5.74) is 0.217. The molecule has 1 aromatic carbocycles. The van der Waals surface area contributed by atoms with E-state index >= 15 is 0 Å². The summed E-state index contributed by atoms with van der Waals surface area (Å²) < 4.78 is 0.724. The van der Waals surface area contributed by atoms with Gasteiger partial charge >= 0.3 is 0 Å². The number of aromatic hydroxyl groups is 1. The molecule has 1 aromatic rings. The predicted molar refractivity (Wildman–Crippen MR) is 77.1 cm³/mol. The van der Waals surface area contributed by atoms with Crippen LogP contribution < -0.4 is 5.32 Å². The second-order valence-corrected chi connectivity index (χ2v) is 5.87. The molecule has 0 saturated carbocycles. The van der Waals surface area contributed by atoms with Crippen molar-refractivity contribution in [3.8, 4) is 5.75 Å². The van der Waals surface area contributed by atoms with Crippen LogP contribution in [0.2, 0.25) is 0 Å². The highest BCUT2D eigenvalue weighted by molar-refractivity contribution is 9.10. The molecule has 0 radical (unpaired) electrons. The minimum absolute atomic E-state index is 0.00687. The van der Waals surface area contributed by atoms with Crippen molar-refractivity contribution < 1.29 is 15.0 Å². The molecule has 0 aromatic heterocycles. The van der Waals surface area contributed by atoms with Gasteiger partial charge in [-0.15, -0.1) is 0 Å². The zero-order valence-corrected chi connectivity index (χ0v) is 12.6. The average Bonchev–Trinajstić information content (AvgIpc) is 2.33. The number of halogens is 1. The summed E-state index contributed by atoms with van der Waals surface area (Å²) in [5.74, 6) is -0.415. The number of carbonyl (C=O) groups excluding carboxylic acids is 1. The summed E-state index contributed by atoms with van der Waals surface area (Å²) in [5, 5.41) is 21.5. The third kappa shape index (κ3) is 3.90. The number of rotatable bonds is 5. The quantitative estimate of drug-likeness (QED) is 0.770. The maximum Gasteiger partial charge on any atom is 0.255 e. The highest BCUT2D eigenvalue weighted by Crippen LogP contribution is 2.22. The van der Waals surface area contributed by atoms with E-state index in [9.17, 15) is 9.90 Å². The Hall–Kier alpha value is -0.720. The number of phenolic OH excluding ortho intramolecular Hbond substituents is 1. The lowest BCUT2D eigenvalue weighted by atomic mass is 10.1. The van der Waals surface area contributed by atoms with Crippen molar-refractivity contribution in [1.29, 1.82) is 0 Å². The fourth-order valence-electron chi connectivity index (χ4n) is 1.50. The van der Waals surface area contributed by atoms with Gasteiger partial charge in [0.15, 0.2) is 0 Å². The van der Waals surface area contributed by atoms with Crippen LogP contribution in [0.1, 0.15) is 17.3 Å². The molecule has 0 bridgehead atoms. The molecule has 4 nitrogen and oxygen atoms in total. The Morgan fingerprint density at radius 2 is 2.22 bits per heavy atom. The van der Waals surface area contributed by atoms with Crippen LogP contribution in [0.4, 0.5) is 0 Å². The fourth-order valence-corrected chi connectivity index (χ4v) is 2.49. The van der Waals surface area contributed by atoms with Gasteiger partial charge in [-0.3, -0.25) is 4.79 Å². The van der Waals surface area contributed by atoms with E-state index in [2.05, 4.69) is 21.2 Å². The maximum atomic E-state index is 12.0. The smallest absolute Gasteiger partial charge is 0.255 e. The van der Waals surface area contributed by atoms with E-state index in [1.807, 2.05) is 13.2 Å². The second kappa shape index (κ2) is 7.01. The van der Waals surface area contributed by atoms with Crippen LogP contribution in [0.3, 0.4) is 0 Å². The minimum Gasteiger partial charge on any atom is -0.507 e. The lowest BCUT2D eigenvalue weighted by molar-refractivity contribution is 0.0933. The molecule has 6 heteroatoms. The molecule has 2 unspecified atom stereocenters. The maximum absolute atomic E-state index is 12.0. The van der Waals surface area contributed by atoms with Gasteiger partial charge in [0.2, 0.25) is 0 Å². The molecule has 0 aliphatic heterocycles. The van der Waals surface area contributed by atoms with Gasteiger partial charge in [0, 0.05) is 15.8 Å². The first-order valence-electron chi connectivity index (χ1n) is 5.42. The second-order valence-electron chi connectivity index (χ2n) is 3.88. The highest BCUT2D eigenvalue weighted by atomic mass is 79.9. The number of hydrogen-bond donors (Lipinski definition) is 3. The predicted octanol–water partition coefficient (Wildman–Crippen LogP) is 2.00. The standard InChI is InChI=1S/C12H16BrNO3S/c1-7(11(6-15)18-2)14-12(17)9-5-8(13)3-4-10(9)16/h3-5,7,11,15-16H,6H2,1-2H3,(H,14,17). The van der Waals surface area contributed by atoms with Gasteiger partial charge in [-0.2, -0.15) is 11.8 Å². The van der Waals surface area contributed by atoms with E-state index in [1.54, 1.807) is 12.1 Å². The Labute approximate surface area is 119 Å². The molecule has 0 fully saturated rings. The lowest BCUT2D eigenvalue weighted by Gasteiger charge is -2.21. The molecule has 0 aliphatic rings. The molecule has 0 heterocycles. The van der Waals surface area contributed by atoms with E-state index in [0.29, 0.717) is 0 Å². The number of thioether (sulfide) groups is 1. The number of benzene rings is 1. The number of amides is 1. The highest BCUT2D eigenvalue weighted by Gasteiger charge is 2.19. The third-order valence-corrected chi connectivity index (χ3v) is 4.26. The molecule has 1 amide bonds. The molecule has 2 atom stereocenters. The summed E-state index contributed by atoms with van der Waals surface area (Å²) in [6.07, 6.45) is 1.88. The van der Waals surface area contributed by atoms with Crippen molar-refractivity contribution in [2.24, 2.45) is 0 Å². The van der Waals surface area contributed by atoms with Gasteiger partial charge < -0.3 is 15.5 Å². The fraction of sp³-hybridized carbons (Fsp3) is 0.417. The van der Waals surface area contributed by atoms with Crippen LogP contribution in [0.15, 0.2) is 22.7 Å². The van der Waals surface area contributed by atoms with Gasteiger partial charge in [0.05, 0.1) is 12.2 Å². The van der Waals surface area contributed by atoms with E-state index in [-0.39, 0.29) is 35.1 Å². The molecular formula is C12H16BrNO3S. The normalized spacial score (nSPS) is 14.0. The molecule has 18 heavy (non-hydrogen) atoms. The Kier molecular flexibility index (Phi) is 5.98. The number of phenols is 1. The zero-order chi connectivity index (χ0) is 13.7. The molecule has 3 N–H and O–H groups in total. The summed E-state index contributed by atoms with van der Waals surface area (Å²) in [6.45, 7) is 1.82. The molecular weight excluding hydrogens is 318 g/mol. The Bertz CT molecular complexity index is 424. The first-order chi connectivity index (χ1) is 8.49. The van der Waals surface area contributed by atoms with E-state index in [4.69, 9.17) is 5.11 Å². The monoisotopic (exact) mass is 333 g/mol. The van der Waals surface area contributed by atoms with Crippen LogP contribution in [-0.4, -0.2) is 40.3 Å². The zero-order valence-electron chi connectivity index (χ0n) is 10.2. The van der Waals surface area contributed by atoms with E-state index < -0.39 is 0 Å². The summed E-state index contributed by atoms with van der Waals surface area (Å²) in [4.78, 5) is 12.0. The van der Waals surface area contributed by atoms with Crippen molar-refractivity contribution in [2.45, 2.75) is 18.2 Å². The first-order valence-corrected chi connectivity index (χ1v) is 7.50. The van der Waals surface area contributed by atoms with E-state index in [0.717, 1.165) is 4.47 Å². The van der Waals surface area contributed by atoms with E-state index in [1.165, 1.54) is 17.8 Å². The van der Waals surface area contributed by atoms with Crippen LogP contribution >= 0.6 is 27.7 Å². The van der Waals surface area contributed by atoms with Gasteiger partial charge in [-0.1, -0.05) is 15.9 Å². The number of aliphatic hydroxyl groups is 1. The Balaban J connectivity index is 2.79. The summed E-state index contributed by atoms with van der Waals surface area (Å²) >= 11 is 4.74. The van der Waals surface area contributed by atoms with Gasteiger partial charge in [-0.25, -0.2) is 0 Å². The van der Waals surface area contributed by atoms with Gasteiger partial charge in [0.25, 0.3) is 5.91 Å². The summed E-state index contributed by atoms with van der Waals surface area (Å²) in [6, 6.07) is 4.50. The Morgan fingerprint density at radius 3 is 2.78 bits per heavy atom. The lowest BCUT2D eigenvalue weighted by Crippen LogP contribution is -2.41. The van der Waals surface area contributed by atoms with Crippen molar-refractivity contribution in [2.75, 3.05) is 12.9 Å². The molecule has 100 valence electrons.